The number of aromatic nitrogens is 3. The molecule has 2 heterocycles. The third-order valence-corrected chi connectivity index (χ3v) is 3.00. The lowest BCUT2D eigenvalue weighted by molar-refractivity contribution is 0.102. The topological polar surface area (TPSA) is 67.8 Å². The Hall–Kier alpha value is -2.53. The first-order valence-electron chi connectivity index (χ1n) is 5.87. The molecule has 3 rings (SSSR count). The average molecular weight is 285 g/mol. The van der Waals surface area contributed by atoms with Crippen molar-refractivity contribution in [2.24, 2.45) is 0 Å². The van der Waals surface area contributed by atoms with Crippen molar-refractivity contribution in [3.8, 4) is 0 Å². The number of carbonyl (C=O) groups is 1. The minimum atomic E-state index is -0.342. The summed E-state index contributed by atoms with van der Waals surface area (Å²) in [5.41, 5.74) is 0.882. The van der Waals surface area contributed by atoms with Gasteiger partial charge in [0.1, 0.15) is 0 Å². The first kappa shape index (κ1) is 12.5. The van der Waals surface area contributed by atoms with Crippen LogP contribution in [-0.4, -0.2) is 21.1 Å². The van der Waals surface area contributed by atoms with Crippen LogP contribution < -0.4 is 5.32 Å². The summed E-state index contributed by atoms with van der Waals surface area (Å²) in [6.45, 7) is 0. The van der Waals surface area contributed by atoms with Gasteiger partial charge in [-0.1, -0.05) is 23.7 Å². The van der Waals surface area contributed by atoms with E-state index in [0.29, 0.717) is 5.69 Å². The highest BCUT2D eigenvalue weighted by Gasteiger charge is 2.10. The number of amides is 1. The Balaban J connectivity index is 1.93. The number of anilines is 1. The maximum Gasteiger partial charge on any atom is 0.276 e. The van der Waals surface area contributed by atoms with Crippen LogP contribution in [0.4, 0.5) is 5.69 Å². The minimum Gasteiger partial charge on any atom is -0.320 e. The van der Waals surface area contributed by atoms with Gasteiger partial charge in [0.15, 0.2) is 10.8 Å². The maximum atomic E-state index is 12.1. The molecule has 1 aromatic carbocycles. The van der Waals surface area contributed by atoms with Crippen LogP contribution in [0.3, 0.4) is 0 Å². The van der Waals surface area contributed by atoms with Gasteiger partial charge in [0, 0.05) is 17.8 Å². The lowest BCUT2D eigenvalue weighted by atomic mass is 10.1. The molecule has 0 saturated heterocycles. The molecule has 0 aliphatic heterocycles. The third kappa shape index (κ3) is 2.44. The number of benzene rings is 1. The molecule has 1 amide bonds. The zero-order chi connectivity index (χ0) is 13.9. The molecule has 0 fully saturated rings. The van der Waals surface area contributed by atoms with Crippen molar-refractivity contribution in [1.29, 1.82) is 0 Å². The Labute approximate surface area is 119 Å². The van der Waals surface area contributed by atoms with Crippen LogP contribution in [-0.2, 0) is 0 Å². The molecule has 0 spiro atoms. The molecule has 0 unspecified atom stereocenters. The van der Waals surface area contributed by atoms with E-state index in [0.717, 1.165) is 10.8 Å². The molecule has 20 heavy (non-hydrogen) atoms. The van der Waals surface area contributed by atoms with Gasteiger partial charge in [-0.05, 0) is 29.7 Å². The molecule has 0 atom stereocenters. The molecular formula is C14H9ClN4O. The number of hydrogen-bond donors (Lipinski definition) is 1. The van der Waals surface area contributed by atoms with E-state index in [4.69, 9.17) is 11.6 Å². The van der Waals surface area contributed by atoms with E-state index in [1.165, 1.54) is 12.1 Å². The molecule has 2 aromatic heterocycles. The van der Waals surface area contributed by atoms with Crippen LogP contribution in [0.1, 0.15) is 10.5 Å². The minimum absolute atomic E-state index is 0.204. The predicted octanol–water partition coefficient (Wildman–Crippen LogP) is 2.93. The second-order valence-electron chi connectivity index (χ2n) is 4.10. The maximum absolute atomic E-state index is 12.1. The molecule has 5 nitrogen and oxygen atoms in total. The van der Waals surface area contributed by atoms with E-state index in [-0.39, 0.29) is 16.8 Å². The van der Waals surface area contributed by atoms with Crippen LogP contribution in [0.15, 0.2) is 48.8 Å². The van der Waals surface area contributed by atoms with Gasteiger partial charge in [-0.3, -0.25) is 9.78 Å². The first-order valence-corrected chi connectivity index (χ1v) is 6.25. The molecule has 98 valence electrons. The first-order chi connectivity index (χ1) is 9.74. The summed E-state index contributed by atoms with van der Waals surface area (Å²) in [5.74, 6) is -0.342. The van der Waals surface area contributed by atoms with E-state index in [1.54, 1.807) is 12.4 Å². The van der Waals surface area contributed by atoms with Crippen molar-refractivity contribution in [3.05, 3.63) is 59.6 Å². The van der Waals surface area contributed by atoms with Crippen LogP contribution >= 0.6 is 11.6 Å². The SMILES string of the molecule is O=C(Nc1cccc2ccncc12)c1ccc(Cl)nn1. The van der Waals surface area contributed by atoms with Gasteiger partial charge in [-0.15, -0.1) is 10.2 Å². The summed E-state index contributed by atoms with van der Waals surface area (Å²) in [6, 6.07) is 10.6. The zero-order valence-corrected chi connectivity index (χ0v) is 11.0. The van der Waals surface area contributed by atoms with Crippen LogP contribution in [0.2, 0.25) is 5.15 Å². The number of hydrogen-bond acceptors (Lipinski definition) is 4. The molecule has 3 aromatic rings. The van der Waals surface area contributed by atoms with Crippen molar-refractivity contribution < 1.29 is 4.79 Å². The standard InChI is InChI=1S/C14H9ClN4O/c15-13-5-4-12(18-19-13)14(20)17-11-3-1-2-9-6-7-16-8-10(9)11/h1-8H,(H,17,20). The monoisotopic (exact) mass is 284 g/mol. The normalized spacial score (nSPS) is 10.4. The van der Waals surface area contributed by atoms with E-state index in [9.17, 15) is 4.79 Å². The van der Waals surface area contributed by atoms with Crippen molar-refractivity contribution in [2.45, 2.75) is 0 Å². The van der Waals surface area contributed by atoms with Crippen LogP contribution in [0.5, 0.6) is 0 Å². The summed E-state index contributed by atoms with van der Waals surface area (Å²) in [6.07, 6.45) is 3.41. The van der Waals surface area contributed by atoms with Crippen molar-refractivity contribution in [2.75, 3.05) is 5.32 Å². The summed E-state index contributed by atoms with van der Waals surface area (Å²) >= 11 is 5.64. The molecule has 0 radical (unpaired) electrons. The van der Waals surface area contributed by atoms with Crippen molar-refractivity contribution in [1.82, 2.24) is 15.2 Å². The Morgan fingerprint density at radius 3 is 2.80 bits per heavy atom. The lowest BCUT2D eigenvalue weighted by Crippen LogP contribution is -2.14. The number of rotatable bonds is 2. The molecule has 1 N–H and O–H groups in total. The number of pyridine rings is 1. The summed E-state index contributed by atoms with van der Waals surface area (Å²) in [5, 5.41) is 12.3. The zero-order valence-electron chi connectivity index (χ0n) is 10.2. The highest BCUT2D eigenvalue weighted by molar-refractivity contribution is 6.29. The highest BCUT2D eigenvalue weighted by Crippen LogP contribution is 2.22. The van der Waals surface area contributed by atoms with Gasteiger partial charge in [0.05, 0.1) is 5.69 Å². The van der Waals surface area contributed by atoms with Crippen LogP contribution in [0, 0.1) is 0 Å². The summed E-state index contributed by atoms with van der Waals surface area (Å²) < 4.78 is 0. The van der Waals surface area contributed by atoms with E-state index in [2.05, 4.69) is 20.5 Å². The van der Waals surface area contributed by atoms with Crippen molar-refractivity contribution in [3.63, 3.8) is 0 Å². The molecule has 0 aliphatic carbocycles. The fourth-order valence-corrected chi connectivity index (χ4v) is 1.95. The number of fused-ring (bicyclic) bond motifs is 1. The Morgan fingerprint density at radius 1 is 1.10 bits per heavy atom. The second kappa shape index (κ2) is 5.22. The fraction of sp³-hybridized carbons (Fsp3) is 0. The quantitative estimate of drug-likeness (QED) is 0.785. The van der Waals surface area contributed by atoms with Crippen LogP contribution in [0.25, 0.3) is 10.8 Å². The van der Waals surface area contributed by atoms with Crippen molar-refractivity contribution >= 4 is 34.0 Å². The molecule has 0 saturated carbocycles. The fourth-order valence-electron chi connectivity index (χ4n) is 1.85. The molecule has 0 bridgehead atoms. The van der Waals surface area contributed by atoms with Gasteiger partial charge in [0.25, 0.3) is 5.91 Å². The van der Waals surface area contributed by atoms with Gasteiger partial charge in [-0.2, -0.15) is 0 Å². The Bertz CT molecular complexity index is 768. The number of halogens is 1. The molecular weight excluding hydrogens is 276 g/mol. The average Bonchev–Trinajstić information content (AvgIpc) is 2.48. The van der Waals surface area contributed by atoms with E-state index >= 15 is 0 Å². The lowest BCUT2D eigenvalue weighted by Gasteiger charge is -2.07. The van der Waals surface area contributed by atoms with Gasteiger partial charge >= 0.3 is 0 Å². The number of nitrogens with zero attached hydrogens (tertiary/aromatic N) is 3. The second-order valence-corrected chi connectivity index (χ2v) is 4.49. The summed E-state index contributed by atoms with van der Waals surface area (Å²) in [4.78, 5) is 16.2. The Morgan fingerprint density at radius 2 is 2.00 bits per heavy atom. The number of nitrogens with one attached hydrogen (secondary N) is 1. The highest BCUT2D eigenvalue weighted by atomic mass is 35.5. The molecule has 0 aliphatic rings. The Kier molecular flexibility index (Phi) is 3.26. The predicted molar refractivity (Wildman–Crippen MR) is 76.7 cm³/mol. The van der Waals surface area contributed by atoms with Gasteiger partial charge in [0.2, 0.25) is 0 Å². The number of carbonyl (C=O) groups excluding carboxylic acids is 1. The summed E-state index contributed by atoms with van der Waals surface area (Å²) in [7, 11) is 0. The van der Waals surface area contributed by atoms with E-state index < -0.39 is 0 Å². The van der Waals surface area contributed by atoms with E-state index in [1.807, 2.05) is 24.3 Å². The van der Waals surface area contributed by atoms with Gasteiger partial charge < -0.3 is 5.32 Å². The molecule has 6 heteroatoms. The largest absolute Gasteiger partial charge is 0.320 e. The third-order valence-electron chi connectivity index (χ3n) is 2.80. The smallest absolute Gasteiger partial charge is 0.276 e. The van der Waals surface area contributed by atoms with Gasteiger partial charge in [-0.25, -0.2) is 0 Å².